The van der Waals surface area contributed by atoms with Crippen LogP contribution in [-0.2, 0) is 6.54 Å². The largest absolute Gasteiger partial charge is 0.334 e. The molecule has 0 aliphatic carbocycles. The fourth-order valence-electron chi connectivity index (χ4n) is 1.52. The normalized spacial score (nSPS) is 11.2. The second-order valence-corrected chi connectivity index (χ2v) is 5.39. The maximum atomic E-state index is 5.27. The van der Waals surface area contributed by atoms with E-state index in [1.807, 2.05) is 25.1 Å². The smallest absolute Gasteiger partial charge is 0.259 e. The molecule has 5 heteroatoms. The van der Waals surface area contributed by atoms with Gasteiger partial charge in [0.2, 0.25) is 0 Å². The third-order valence-electron chi connectivity index (χ3n) is 2.49. The zero-order chi connectivity index (χ0) is 13.1. The highest BCUT2D eigenvalue weighted by Gasteiger charge is 2.11. The lowest BCUT2D eigenvalue weighted by molar-refractivity contribution is 0.417. The predicted octanol–water partition coefficient (Wildman–Crippen LogP) is 3.31. The molecular weight excluding hydrogens is 294 g/mol. The van der Waals surface area contributed by atoms with Crippen LogP contribution in [0.4, 0.5) is 0 Å². The van der Waals surface area contributed by atoms with Crippen LogP contribution in [-0.4, -0.2) is 16.2 Å². The van der Waals surface area contributed by atoms with Crippen molar-refractivity contribution in [1.29, 1.82) is 0 Å². The molecule has 0 amide bonds. The molecule has 0 aliphatic rings. The van der Waals surface area contributed by atoms with Crippen LogP contribution >= 0.6 is 15.9 Å². The lowest BCUT2D eigenvalue weighted by atomic mass is 10.1. The molecule has 1 N–H and O–H groups in total. The third-order valence-corrected chi connectivity index (χ3v) is 3.15. The van der Waals surface area contributed by atoms with E-state index < -0.39 is 0 Å². The van der Waals surface area contributed by atoms with Gasteiger partial charge in [-0.2, -0.15) is 4.98 Å². The van der Waals surface area contributed by atoms with Gasteiger partial charge in [-0.3, -0.25) is 0 Å². The lowest BCUT2D eigenvalue weighted by Crippen LogP contribution is -2.22. The summed E-state index contributed by atoms with van der Waals surface area (Å²) in [5.41, 5.74) is 2.11. The standard InChI is InChI=1S/C13H16BrN3O/c1-8(2)15-7-12-16-13(18-17-12)10-5-4-9(3)6-11(10)14/h4-6,8,15H,7H2,1-3H3. The van der Waals surface area contributed by atoms with E-state index in [9.17, 15) is 0 Å². The quantitative estimate of drug-likeness (QED) is 0.941. The Labute approximate surface area is 115 Å². The maximum Gasteiger partial charge on any atom is 0.259 e. The number of benzene rings is 1. The van der Waals surface area contributed by atoms with Crippen molar-refractivity contribution in [2.45, 2.75) is 33.4 Å². The molecule has 1 heterocycles. The first-order chi connectivity index (χ1) is 8.56. The summed E-state index contributed by atoms with van der Waals surface area (Å²) >= 11 is 3.51. The summed E-state index contributed by atoms with van der Waals surface area (Å²) in [6.07, 6.45) is 0. The third kappa shape index (κ3) is 3.17. The Balaban J connectivity index is 2.18. The number of nitrogens with zero attached hydrogens (tertiary/aromatic N) is 2. The molecule has 0 aliphatic heterocycles. The number of rotatable bonds is 4. The Morgan fingerprint density at radius 1 is 1.39 bits per heavy atom. The van der Waals surface area contributed by atoms with Crippen LogP contribution in [0.1, 0.15) is 25.2 Å². The van der Waals surface area contributed by atoms with Crippen molar-refractivity contribution in [3.63, 3.8) is 0 Å². The van der Waals surface area contributed by atoms with Crippen LogP contribution in [0.15, 0.2) is 27.2 Å². The summed E-state index contributed by atoms with van der Waals surface area (Å²) in [5, 5.41) is 7.21. The van der Waals surface area contributed by atoms with Gasteiger partial charge in [-0.25, -0.2) is 0 Å². The van der Waals surface area contributed by atoms with Crippen LogP contribution in [0, 0.1) is 6.92 Å². The minimum atomic E-state index is 0.401. The van der Waals surface area contributed by atoms with E-state index in [0.29, 0.717) is 24.3 Å². The van der Waals surface area contributed by atoms with E-state index in [1.54, 1.807) is 0 Å². The molecule has 0 saturated heterocycles. The van der Waals surface area contributed by atoms with Gasteiger partial charge in [0.1, 0.15) is 0 Å². The number of nitrogens with one attached hydrogen (secondary N) is 1. The molecule has 2 aromatic rings. The average Bonchev–Trinajstić information content (AvgIpc) is 2.75. The van der Waals surface area contributed by atoms with E-state index in [0.717, 1.165) is 10.0 Å². The second-order valence-electron chi connectivity index (χ2n) is 4.53. The fourth-order valence-corrected chi connectivity index (χ4v) is 2.19. The highest BCUT2D eigenvalue weighted by atomic mass is 79.9. The van der Waals surface area contributed by atoms with E-state index in [4.69, 9.17) is 4.52 Å². The molecule has 0 saturated carbocycles. The maximum absolute atomic E-state index is 5.27. The van der Waals surface area contributed by atoms with Gasteiger partial charge >= 0.3 is 0 Å². The molecule has 0 fully saturated rings. The molecule has 0 radical (unpaired) electrons. The van der Waals surface area contributed by atoms with Crippen molar-refractivity contribution in [2.75, 3.05) is 0 Å². The van der Waals surface area contributed by atoms with Gasteiger partial charge in [0.15, 0.2) is 5.82 Å². The first-order valence-corrected chi connectivity index (χ1v) is 6.68. The van der Waals surface area contributed by atoms with Gasteiger partial charge in [0.05, 0.1) is 12.1 Å². The Morgan fingerprint density at radius 3 is 2.83 bits per heavy atom. The first-order valence-electron chi connectivity index (χ1n) is 5.89. The topological polar surface area (TPSA) is 51.0 Å². The Bertz CT molecular complexity index is 537. The minimum absolute atomic E-state index is 0.401. The molecule has 0 bridgehead atoms. The van der Waals surface area contributed by atoms with Crippen molar-refractivity contribution in [3.05, 3.63) is 34.1 Å². The Kier molecular flexibility index (Phi) is 4.14. The van der Waals surface area contributed by atoms with Crippen LogP contribution < -0.4 is 5.32 Å². The summed E-state index contributed by atoms with van der Waals surface area (Å²) in [6.45, 7) is 6.82. The summed E-state index contributed by atoms with van der Waals surface area (Å²) in [4.78, 5) is 4.37. The number of hydrogen-bond acceptors (Lipinski definition) is 4. The zero-order valence-corrected chi connectivity index (χ0v) is 12.3. The average molecular weight is 310 g/mol. The SMILES string of the molecule is Cc1ccc(-c2nc(CNC(C)C)no2)c(Br)c1. The van der Waals surface area contributed by atoms with Crippen molar-refractivity contribution in [2.24, 2.45) is 0 Å². The van der Waals surface area contributed by atoms with E-state index in [-0.39, 0.29) is 0 Å². The lowest BCUT2D eigenvalue weighted by Gasteiger charge is -2.03. The van der Waals surface area contributed by atoms with E-state index in [1.165, 1.54) is 5.56 Å². The van der Waals surface area contributed by atoms with Crippen molar-refractivity contribution < 1.29 is 4.52 Å². The van der Waals surface area contributed by atoms with Gasteiger partial charge in [0.25, 0.3) is 5.89 Å². The van der Waals surface area contributed by atoms with Gasteiger partial charge in [0, 0.05) is 10.5 Å². The second kappa shape index (κ2) is 5.63. The monoisotopic (exact) mass is 309 g/mol. The van der Waals surface area contributed by atoms with E-state index >= 15 is 0 Å². The van der Waals surface area contributed by atoms with Gasteiger partial charge < -0.3 is 9.84 Å². The van der Waals surface area contributed by atoms with Crippen molar-refractivity contribution in [1.82, 2.24) is 15.5 Å². The summed E-state index contributed by atoms with van der Waals surface area (Å²) in [5.74, 6) is 1.22. The van der Waals surface area contributed by atoms with Gasteiger partial charge in [-0.05, 0) is 40.5 Å². The number of halogens is 1. The van der Waals surface area contributed by atoms with Crippen LogP contribution in [0.3, 0.4) is 0 Å². The van der Waals surface area contributed by atoms with Crippen molar-refractivity contribution >= 4 is 15.9 Å². The summed E-state index contributed by atoms with van der Waals surface area (Å²) < 4.78 is 6.24. The van der Waals surface area contributed by atoms with Gasteiger partial charge in [-0.1, -0.05) is 25.1 Å². The molecule has 0 spiro atoms. The molecule has 2 rings (SSSR count). The molecule has 18 heavy (non-hydrogen) atoms. The van der Waals surface area contributed by atoms with Crippen molar-refractivity contribution in [3.8, 4) is 11.5 Å². The molecule has 96 valence electrons. The number of aromatic nitrogens is 2. The molecule has 1 aromatic heterocycles. The molecule has 0 unspecified atom stereocenters. The minimum Gasteiger partial charge on any atom is -0.334 e. The van der Waals surface area contributed by atoms with Crippen LogP contribution in [0.5, 0.6) is 0 Å². The summed E-state index contributed by atoms with van der Waals surface area (Å²) in [6, 6.07) is 6.44. The summed E-state index contributed by atoms with van der Waals surface area (Å²) in [7, 11) is 0. The Morgan fingerprint density at radius 2 is 2.17 bits per heavy atom. The highest BCUT2D eigenvalue weighted by Crippen LogP contribution is 2.27. The number of hydrogen-bond donors (Lipinski definition) is 1. The van der Waals surface area contributed by atoms with Gasteiger partial charge in [-0.15, -0.1) is 0 Å². The molecular formula is C13H16BrN3O. The van der Waals surface area contributed by atoms with Crippen LogP contribution in [0.2, 0.25) is 0 Å². The highest BCUT2D eigenvalue weighted by molar-refractivity contribution is 9.10. The molecule has 1 aromatic carbocycles. The van der Waals surface area contributed by atoms with E-state index in [2.05, 4.69) is 45.2 Å². The fraction of sp³-hybridized carbons (Fsp3) is 0.385. The van der Waals surface area contributed by atoms with Crippen LogP contribution in [0.25, 0.3) is 11.5 Å². The predicted molar refractivity (Wildman–Crippen MR) is 74.1 cm³/mol. The Hall–Kier alpha value is -1.20. The zero-order valence-electron chi connectivity index (χ0n) is 10.7. The number of aryl methyl sites for hydroxylation is 1. The first kappa shape index (κ1) is 13.2. The molecule has 0 atom stereocenters. The molecule has 4 nitrogen and oxygen atoms in total.